The highest BCUT2D eigenvalue weighted by molar-refractivity contribution is 9.11. The number of methoxy groups -OCH3 is 1. The van der Waals surface area contributed by atoms with E-state index in [-0.39, 0.29) is 16.9 Å². The highest BCUT2D eigenvalue weighted by Gasteiger charge is 2.14. The van der Waals surface area contributed by atoms with E-state index in [0.29, 0.717) is 6.54 Å². The summed E-state index contributed by atoms with van der Waals surface area (Å²) in [5, 5.41) is 2.97. The van der Waals surface area contributed by atoms with Gasteiger partial charge >= 0.3 is 5.97 Å². The van der Waals surface area contributed by atoms with E-state index >= 15 is 0 Å². The highest BCUT2D eigenvalue weighted by atomic mass is 79.9. The van der Waals surface area contributed by atoms with Gasteiger partial charge in [-0.2, -0.15) is 0 Å². The number of hydrogen-bond acceptors (Lipinski definition) is 5. The van der Waals surface area contributed by atoms with Gasteiger partial charge in [0.2, 0.25) is 0 Å². The van der Waals surface area contributed by atoms with Gasteiger partial charge in [-0.3, -0.25) is 0 Å². The van der Waals surface area contributed by atoms with Crippen molar-refractivity contribution in [3.05, 3.63) is 44.3 Å². The van der Waals surface area contributed by atoms with Crippen LogP contribution in [0.4, 0.5) is 15.8 Å². The van der Waals surface area contributed by atoms with Gasteiger partial charge in [0.15, 0.2) is 0 Å². The first kappa shape index (κ1) is 15.8. The summed E-state index contributed by atoms with van der Waals surface area (Å²) < 4.78 is 19.5. The average molecular weight is 373 g/mol. The number of benzene rings is 1. The summed E-state index contributed by atoms with van der Waals surface area (Å²) in [6, 6.07) is 6.48. The predicted octanol–water partition coefficient (Wildman–Crippen LogP) is 3.67. The van der Waals surface area contributed by atoms with Crippen LogP contribution in [0.15, 0.2) is 28.1 Å². The van der Waals surface area contributed by atoms with Crippen LogP contribution in [-0.2, 0) is 11.2 Å². The summed E-state index contributed by atoms with van der Waals surface area (Å²) in [6.45, 7) is 0.550. The van der Waals surface area contributed by atoms with Gasteiger partial charge < -0.3 is 15.8 Å². The molecule has 1 heterocycles. The number of anilines is 2. The smallest absolute Gasteiger partial charge is 0.340 e. The van der Waals surface area contributed by atoms with Crippen LogP contribution in [0.3, 0.4) is 0 Å². The zero-order chi connectivity index (χ0) is 15.4. The van der Waals surface area contributed by atoms with Crippen LogP contribution in [0.5, 0.6) is 0 Å². The van der Waals surface area contributed by atoms with Crippen molar-refractivity contribution in [3.63, 3.8) is 0 Å². The molecule has 0 aliphatic carbocycles. The van der Waals surface area contributed by atoms with Crippen molar-refractivity contribution >= 4 is 44.6 Å². The maximum atomic E-state index is 13.8. The Morgan fingerprint density at radius 3 is 2.86 bits per heavy atom. The minimum absolute atomic E-state index is 0.0621. The molecule has 4 nitrogen and oxygen atoms in total. The first-order valence-corrected chi connectivity index (χ1v) is 7.77. The number of thiophene rings is 1. The molecule has 0 unspecified atom stereocenters. The summed E-state index contributed by atoms with van der Waals surface area (Å²) in [5.74, 6) is -1.08. The summed E-state index contributed by atoms with van der Waals surface area (Å²) in [6.07, 6.45) is 0.758. The lowest BCUT2D eigenvalue weighted by atomic mass is 10.1. The molecule has 0 aliphatic rings. The molecule has 2 aromatic rings. The number of nitrogens with one attached hydrogen (secondary N) is 1. The van der Waals surface area contributed by atoms with Gasteiger partial charge in [0.25, 0.3) is 0 Å². The zero-order valence-corrected chi connectivity index (χ0v) is 13.7. The lowest BCUT2D eigenvalue weighted by molar-refractivity contribution is 0.0602. The molecule has 0 saturated heterocycles. The van der Waals surface area contributed by atoms with E-state index in [4.69, 9.17) is 5.73 Å². The molecule has 1 aromatic carbocycles. The molecule has 0 bridgehead atoms. The second-order valence-corrected chi connectivity index (χ2v) is 6.84. The van der Waals surface area contributed by atoms with Crippen LogP contribution in [0, 0.1) is 5.82 Å². The van der Waals surface area contributed by atoms with Gasteiger partial charge in [-0.15, -0.1) is 11.3 Å². The lowest BCUT2D eigenvalue weighted by Gasteiger charge is -2.10. The van der Waals surface area contributed by atoms with Crippen LogP contribution < -0.4 is 11.1 Å². The first-order valence-electron chi connectivity index (χ1n) is 6.16. The number of nitrogen functional groups attached to an aromatic ring is 1. The fourth-order valence-electron chi connectivity index (χ4n) is 1.82. The number of halogens is 2. The Balaban J connectivity index is 2.07. The molecule has 2 rings (SSSR count). The topological polar surface area (TPSA) is 64.3 Å². The molecule has 0 spiro atoms. The van der Waals surface area contributed by atoms with Gasteiger partial charge in [0.05, 0.1) is 22.1 Å². The molecule has 0 saturated carbocycles. The van der Waals surface area contributed by atoms with E-state index < -0.39 is 11.8 Å². The minimum atomic E-state index is -0.585. The van der Waals surface area contributed by atoms with Gasteiger partial charge in [-0.25, -0.2) is 9.18 Å². The number of carbonyl (C=O) groups excluding carboxylic acids is 1. The van der Waals surface area contributed by atoms with Crippen molar-refractivity contribution in [1.82, 2.24) is 0 Å². The van der Waals surface area contributed by atoms with Crippen LogP contribution >= 0.6 is 27.3 Å². The Morgan fingerprint density at radius 2 is 2.24 bits per heavy atom. The van der Waals surface area contributed by atoms with E-state index in [1.165, 1.54) is 18.1 Å². The third kappa shape index (κ3) is 3.95. The maximum Gasteiger partial charge on any atom is 0.340 e. The number of carbonyl (C=O) groups is 1. The minimum Gasteiger partial charge on any atom is -0.465 e. The van der Waals surface area contributed by atoms with E-state index in [9.17, 15) is 9.18 Å². The van der Waals surface area contributed by atoms with Gasteiger partial charge in [-0.05, 0) is 46.6 Å². The van der Waals surface area contributed by atoms with Crippen molar-refractivity contribution in [3.8, 4) is 0 Å². The second-order valence-electron chi connectivity index (χ2n) is 4.29. The molecule has 112 valence electrons. The second kappa shape index (κ2) is 6.91. The highest BCUT2D eigenvalue weighted by Crippen LogP contribution is 2.24. The Morgan fingerprint density at radius 1 is 1.48 bits per heavy atom. The quantitative estimate of drug-likeness (QED) is 0.620. The molecule has 0 aliphatic heterocycles. The maximum absolute atomic E-state index is 13.8. The molecular weight excluding hydrogens is 359 g/mol. The zero-order valence-electron chi connectivity index (χ0n) is 11.3. The van der Waals surface area contributed by atoms with Crippen molar-refractivity contribution in [2.75, 3.05) is 24.7 Å². The first-order chi connectivity index (χ1) is 10.0. The fraction of sp³-hybridized carbons (Fsp3) is 0.214. The summed E-state index contributed by atoms with van der Waals surface area (Å²) in [5.41, 5.74) is 6.07. The molecule has 7 heteroatoms. The van der Waals surface area contributed by atoms with Crippen molar-refractivity contribution in [2.45, 2.75) is 6.42 Å². The number of nitrogens with two attached hydrogens (primary N) is 1. The standard InChI is InChI=1S/C14H14BrFN2O2S/c1-20-14(19)9-6-12(10(16)7-11(9)17)18-5-4-8-2-3-13(15)21-8/h2-3,6-7,18H,4-5,17H2,1H3. The molecule has 0 fully saturated rings. The van der Waals surface area contributed by atoms with Crippen LogP contribution in [0.2, 0.25) is 0 Å². The monoisotopic (exact) mass is 372 g/mol. The van der Waals surface area contributed by atoms with Crippen LogP contribution in [-0.4, -0.2) is 19.6 Å². The Hall–Kier alpha value is -1.60. The summed E-state index contributed by atoms with van der Waals surface area (Å²) >= 11 is 5.02. The van der Waals surface area contributed by atoms with E-state index in [1.807, 2.05) is 12.1 Å². The van der Waals surface area contributed by atoms with Gasteiger partial charge in [0, 0.05) is 17.1 Å². The van der Waals surface area contributed by atoms with Crippen molar-refractivity contribution in [1.29, 1.82) is 0 Å². The molecule has 0 amide bonds. The number of hydrogen-bond donors (Lipinski definition) is 2. The lowest BCUT2D eigenvalue weighted by Crippen LogP contribution is -2.10. The number of esters is 1. The van der Waals surface area contributed by atoms with Gasteiger partial charge in [0.1, 0.15) is 5.82 Å². The third-order valence-electron chi connectivity index (χ3n) is 2.86. The largest absolute Gasteiger partial charge is 0.465 e. The summed E-state index contributed by atoms with van der Waals surface area (Å²) in [7, 11) is 1.26. The van der Waals surface area contributed by atoms with Crippen molar-refractivity contribution < 1.29 is 13.9 Å². The molecule has 0 radical (unpaired) electrons. The third-order valence-corrected chi connectivity index (χ3v) is 4.54. The molecular formula is C14H14BrFN2O2S. The molecule has 3 N–H and O–H groups in total. The van der Waals surface area contributed by atoms with E-state index in [2.05, 4.69) is 26.0 Å². The Bertz CT molecular complexity index is 660. The normalized spacial score (nSPS) is 10.4. The molecule has 0 atom stereocenters. The molecule has 1 aromatic heterocycles. The summed E-state index contributed by atoms with van der Waals surface area (Å²) in [4.78, 5) is 12.7. The van der Waals surface area contributed by atoms with Crippen LogP contribution in [0.1, 0.15) is 15.2 Å². The molecule has 21 heavy (non-hydrogen) atoms. The van der Waals surface area contributed by atoms with E-state index in [1.54, 1.807) is 11.3 Å². The number of ether oxygens (including phenoxy) is 1. The predicted molar refractivity (Wildman–Crippen MR) is 86.4 cm³/mol. The van der Waals surface area contributed by atoms with Gasteiger partial charge in [-0.1, -0.05) is 0 Å². The Labute approximate surface area is 134 Å². The number of rotatable bonds is 5. The van der Waals surface area contributed by atoms with Crippen molar-refractivity contribution in [2.24, 2.45) is 0 Å². The average Bonchev–Trinajstić information content (AvgIpc) is 2.86. The fourth-order valence-corrected chi connectivity index (χ4v) is 3.30. The Kier molecular flexibility index (Phi) is 5.19. The SMILES string of the molecule is COC(=O)c1cc(NCCc2ccc(Br)s2)c(F)cc1N. The van der Waals surface area contributed by atoms with Crippen LogP contribution in [0.25, 0.3) is 0 Å². The van der Waals surface area contributed by atoms with E-state index in [0.717, 1.165) is 16.3 Å².